The van der Waals surface area contributed by atoms with Gasteiger partial charge in [-0.25, -0.2) is 0 Å². The van der Waals surface area contributed by atoms with Crippen molar-refractivity contribution in [2.45, 2.75) is 39.7 Å². The third-order valence-electron chi connectivity index (χ3n) is 3.96. The minimum atomic E-state index is -0.984. The molecule has 116 valence electrons. The lowest BCUT2D eigenvalue weighted by atomic mass is 9.79. The Morgan fingerprint density at radius 3 is 2.33 bits per heavy atom. The van der Waals surface area contributed by atoms with Crippen molar-refractivity contribution in [3.05, 3.63) is 29.8 Å². The largest absolute Gasteiger partial charge is 0.481 e. The molecule has 0 bridgehead atoms. The average Bonchev–Trinajstić information content (AvgIpc) is 2.47. The van der Waals surface area contributed by atoms with Crippen molar-refractivity contribution in [1.29, 1.82) is 0 Å². The van der Waals surface area contributed by atoms with E-state index in [1.165, 1.54) is 0 Å². The van der Waals surface area contributed by atoms with Crippen LogP contribution in [0.5, 0.6) is 0 Å². The first-order valence-corrected chi connectivity index (χ1v) is 7.24. The van der Waals surface area contributed by atoms with Crippen LogP contribution in [0.15, 0.2) is 24.3 Å². The Labute approximate surface area is 125 Å². The van der Waals surface area contributed by atoms with Crippen molar-refractivity contribution in [3.8, 4) is 0 Å². The van der Waals surface area contributed by atoms with Crippen LogP contribution < -0.4 is 10.6 Å². The van der Waals surface area contributed by atoms with E-state index < -0.39 is 11.4 Å². The molecule has 21 heavy (non-hydrogen) atoms. The molecule has 0 unspecified atom stereocenters. The summed E-state index contributed by atoms with van der Waals surface area (Å²) in [4.78, 5) is 23.7. The number of rotatable bonds is 8. The summed E-state index contributed by atoms with van der Waals surface area (Å²) in [6.45, 7) is 4.25. The normalized spacial score (nSPS) is 11.2. The Hall–Kier alpha value is -1.88. The molecule has 3 N–H and O–H groups in total. The molecule has 0 aliphatic heterocycles. The van der Waals surface area contributed by atoms with Crippen molar-refractivity contribution >= 4 is 17.6 Å². The van der Waals surface area contributed by atoms with Crippen LogP contribution in [-0.4, -0.2) is 24.0 Å². The minimum Gasteiger partial charge on any atom is -0.481 e. The first-order valence-electron chi connectivity index (χ1n) is 7.24. The van der Waals surface area contributed by atoms with E-state index in [0.717, 1.165) is 11.3 Å². The highest BCUT2D eigenvalue weighted by Gasteiger charge is 2.37. The third-order valence-corrected chi connectivity index (χ3v) is 3.96. The van der Waals surface area contributed by atoms with Crippen LogP contribution in [0.4, 0.5) is 5.69 Å². The van der Waals surface area contributed by atoms with Gasteiger partial charge in [-0.15, -0.1) is 0 Å². The van der Waals surface area contributed by atoms with Crippen molar-refractivity contribution in [2.75, 3.05) is 12.4 Å². The maximum atomic E-state index is 12.2. The molecule has 5 nitrogen and oxygen atoms in total. The Kier molecular flexibility index (Phi) is 6.37. The number of carboxylic acids is 1. The second-order valence-corrected chi connectivity index (χ2v) is 5.21. The van der Waals surface area contributed by atoms with Crippen LogP contribution >= 0.6 is 0 Å². The van der Waals surface area contributed by atoms with Crippen LogP contribution in [0.25, 0.3) is 0 Å². The fourth-order valence-corrected chi connectivity index (χ4v) is 2.37. The molecular weight excluding hydrogens is 268 g/mol. The number of benzene rings is 1. The van der Waals surface area contributed by atoms with Gasteiger partial charge in [-0.2, -0.15) is 0 Å². The van der Waals surface area contributed by atoms with Crippen LogP contribution in [-0.2, 0) is 16.1 Å². The molecule has 0 saturated carbocycles. The van der Waals surface area contributed by atoms with Crippen molar-refractivity contribution in [3.63, 3.8) is 0 Å². The van der Waals surface area contributed by atoms with Gasteiger partial charge in [-0.05, 0) is 31.5 Å². The fourth-order valence-electron chi connectivity index (χ4n) is 2.37. The van der Waals surface area contributed by atoms with Crippen LogP contribution in [0.1, 0.15) is 38.7 Å². The second kappa shape index (κ2) is 7.78. The number of para-hydroxylation sites is 1. The van der Waals surface area contributed by atoms with Gasteiger partial charge in [0.15, 0.2) is 0 Å². The Balaban J connectivity index is 2.84. The molecule has 1 aromatic rings. The van der Waals surface area contributed by atoms with E-state index in [0.29, 0.717) is 19.4 Å². The molecule has 0 aliphatic rings. The van der Waals surface area contributed by atoms with Gasteiger partial charge in [-0.1, -0.05) is 32.0 Å². The van der Waals surface area contributed by atoms with Crippen molar-refractivity contribution in [1.82, 2.24) is 5.32 Å². The van der Waals surface area contributed by atoms with Gasteiger partial charge < -0.3 is 15.7 Å². The van der Waals surface area contributed by atoms with E-state index in [4.69, 9.17) is 0 Å². The number of carboxylic acid groups (broad SMARTS) is 1. The topological polar surface area (TPSA) is 78.4 Å². The Morgan fingerprint density at radius 2 is 1.81 bits per heavy atom. The van der Waals surface area contributed by atoms with Gasteiger partial charge in [0.1, 0.15) is 0 Å². The lowest BCUT2D eigenvalue weighted by molar-refractivity contribution is -0.151. The zero-order valence-corrected chi connectivity index (χ0v) is 12.9. The second-order valence-electron chi connectivity index (χ2n) is 5.21. The first kappa shape index (κ1) is 17.2. The summed E-state index contributed by atoms with van der Waals surface area (Å²) in [7, 11) is 1.84. The van der Waals surface area contributed by atoms with E-state index >= 15 is 0 Å². The quantitative estimate of drug-likeness (QED) is 0.688. The maximum Gasteiger partial charge on any atom is 0.310 e. The van der Waals surface area contributed by atoms with E-state index in [9.17, 15) is 14.7 Å². The highest BCUT2D eigenvalue weighted by Crippen LogP contribution is 2.31. The monoisotopic (exact) mass is 292 g/mol. The van der Waals surface area contributed by atoms with E-state index in [-0.39, 0.29) is 12.3 Å². The van der Waals surface area contributed by atoms with Gasteiger partial charge in [-0.3, -0.25) is 9.59 Å². The number of anilines is 1. The summed E-state index contributed by atoms with van der Waals surface area (Å²) in [5.41, 5.74) is 0.716. The molecular formula is C16H24N2O3. The smallest absolute Gasteiger partial charge is 0.310 e. The number of nitrogens with one attached hydrogen (secondary N) is 2. The fraction of sp³-hybridized carbons (Fsp3) is 0.500. The predicted octanol–water partition coefficient (Wildman–Crippen LogP) is 2.63. The summed E-state index contributed by atoms with van der Waals surface area (Å²) in [5, 5.41) is 15.3. The summed E-state index contributed by atoms with van der Waals surface area (Å²) < 4.78 is 0. The zero-order valence-electron chi connectivity index (χ0n) is 12.9. The molecule has 0 heterocycles. The number of hydrogen-bond acceptors (Lipinski definition) is 3. The van der Waals surface area contributed by atoms with Crippen LogP contribution in [0.2, 0.25) is 0 Å². The number of carbonyl (C=O) groups is 2. The van der Waals surface area contributed by atoms with Crippen molar-refractivity contribution in [2.24, 2.45) is 5.41 Å². The lowest BCUT2D eigenvalue weighted by Gasteiger charge is -2.26. The number of carbonyl (C=O) groups excluding carboxylic acids is 1. The van der Waals surface area contributed by atoms with Gasteiger partial charge in [0.2, 0.25) is 5.91 Å². The number of amides is 1. The molecule has 0 atom stereocenters. The molecule has 1 amide bonds. The van der Waals surface area contributed by atoms with E-state index in [2.05, 4.69) is 10.6 Å². The molecule has 1 rings (SSSR count). The summed E-state index contributed by atoms with van der Waals surface area (Å²) in [6.07, 6.45) is 0.859. The molecule has 0 radical (unpaired) electrons. The maximum absolute atomic E-state index is 12.2. The molecule has 0 aromatic heterocycles. The van der Waals surface area contributed by atoms with Crippen molar-refractivity contribution < 1.29 is 14.7 Å². The van der Waals surface area contributed by atoms with Gasteiger partial charge in [0.05, 0.1) is 5.41 Å². The zero-order chi connectivity index (χ0) is 15.9. The summed E-state index contributed by atoms with van der Waals surface area (Å²) in [5.74, 6) is -1.17. The van der Waals surface area contributed by atoms with Crippen LogP contribution in [0, 0.1) is 5.41 Å². The van der Waals surface area contributed by atoms with E-state index in [1.54, 1.807) is 13.8 Å². The third kappa shape index (κ3) is 4.29. The van der Waals surface area contributed by atoms with Crippen LogP contribution in [0.3, 0.4) is 0 Å². The predicted molar refractivity (Wildman–Crippen MR) is 83.1 cm³/mol. The standard InChI is InChI=1S/C16H24N2O3/c1-4-16(5-2,15(20)21)10-14(19)18-13-9-7-6-8-12(13)11-17-3/h6-9,17H,4-5,10-11H2,1-3H3,(H,18,19)(H,20,21). The van der Waals surface area contributed by atoms with Gasteiger partial charge >= 0.3 is 5.97 Å². The van der Waals surface area contributed by atoms with Gasteiger partial charge in [0.25, 0.3) is 0 Å². The van der Waals surface area contributed by atoms with Gasteiger partial charge in [0, 0.05) is 18.7 Å². The summed E-state index contributed by atoms with van der Waals surface area (Å²) >= 11 is 0. The number of hydrogen-bond donors (Lipinski definition) is 3. The summed E-state index contributed by atoms with van der Waals surface area (Å²) in [6, 6.07) is 7.50. The highest BCUT2D eigenvalue weighted by molar-refractivity contribution is 5.94. The van der Waals surface area contributed by atoms with E-state index in [1.807, 2.05) is 31.3 Å². The number of aliphatic carboxylic acids is 1. The molecule has 0 aliphatic carbocycles. The highest BCUT2D eigenvalue weighted by atomic mass is 16.4. The molecule has 0 spiro atoms. The Morgan fingerprint density at radius 1 is 1.19 bits per heavy atom. The minimum absolute atomic E-state index is 0.0107. The average molecular weight is 292 g/mol. The Bertz CT molecular complexity index is 496. The molecule has 1 aromatic carbocycles. The first-order chi connectivity index (χ1) is 9.99. The molecule has 5 heteroatoms. The SMILES string of the molecule is CCC(CC)(CC(=O)Nc1ccccc1CNC)C(=O)O. The molecule has 0 saturated heterocycles. The lowest BCUT2D eigenvalue weighted by Crippen LogP contribution is -2.34. The molecule has 0 fully saturated rings.